The van der Waals surface area contributed by atoms with Gasteiger partial charge in [-0.15, -0.1) is 0 Å². The molecule has 2 heterocycles. The van der Waals surface area contributed by atoms with E-state index in [1.165, 1.54) is 6.33 Å². The summed E-state index contributed by atoms with van der Waals surface area (Å²) in [6.07, 6.45) is 3.63. The number of hydrogen-bond acceptors (Lipinski definition) is 6. The van der Waals surface area contributed by atoms with Crippen LogP contribution in [0.2, 0.25) is 0 Å². The molecule has 1 aliphatic heterocycles. The molecule has 0 aliphatic carbocycles. The Hall–Kier alpha value is -3.48. The van der Waals surface area contributed by atoms with Gasteiger partial charge in [0.25, 0.3) is 0 Å². The van der Waals surface area contributed by atoms with Crippen LogP contribution in [0.25, 0.3) is 5.70 Å². The van der Waals surface area contributed by atoms with Crippen LogP contribution in [-0.4, -0.2) is 36.1 Å². The van der Waals surface area contributed by atoms with Gasteiger partial charge >= 0.3 is 0 Å². The third-order valence-corrected chi connectivity index (χ3v) is 4.56. The molecule has 7 nitrogen and oxygen atoms in total. The zero-order valence-electron chi connectivity index (χ0n) is 15.3. The van der Waals surface area contributed by atoms with Crippen molar-refractivity contribution in [2.75, 3.05) is 26.6 Å². The van der Waals surface area contributed by atoms with E-state index in [0.717, 1.165) is 22.6 Å². The summed E-state index contributed by atoms with van der Waals surface area (Å²) in [7, 11) is 4.92. The number of hydrogen-bond donors (Lipinski definition) is 1. The van der Waals surface area contributed by atoms with Crippen molar-refractivity contribution in [1.29, 1.82) is 0 Å². The maximum absolute atomic E-state index is 5.63. The first-order chi connectivity index (χ1) is 13.2. The van der Waals surface area contributed by atoms with E-state index in [4.69, 9.17) is 14.2 Å². The molecule has 0 fully saturated rings. The van der Waals surface area contributed by atoms with Crippen molar-refractivity contribution < 1.29 is 14.2 Å². The Labute approximate surface area is 157 Å². The van der Waals surface area contributed by atoms with E-state index in [-0.39, 0.29) is 6.04 Å². The first-order valence-electron chi connectivity index (χ1n) is 8.48. The highest BCUT2D eigenvalue weighted by molar-refractivity contribution is 5.77. The average molecular weight is 364 g/mol. The van der Waals surface area contributed by atoms with Gasteiger partial charge in [-0.1, -0.05) is 12.1 Å². The van der Waals surface area contributed by atoms with Gasteiger partial charge in [0.2, 0.25) is 5.95 Å². The lowest BCUT2D eigenvalue weighted by Gasteiger charge is -2.26. The second-order valence-electron chi connectivity index (χ2n) is 5.99. The van der Waals surface area contributed by atoms with Crippen LogP contribution in [0, 0.1) is 0 Å². The summed E-state index contributed by atoms with van der Waals surface area (Å²) in [4.78, 5) is 4.34. The van der Waals surface area contributed by atoms with Gasteiger partial charge < -0.3 is 19.5 Å². The minimum absolute atomic E-state index is 0.189. The molecule has 0 saturated carbocycles. The van der Waals surface area contributed by atoms with E-state index in [1.54, 1.807) is 21.3 Å². The van der Waals surface area contributed by atoms with Crippen molar-refractivity contribution in [3.05, 3.63) is 66.0 Å². The summed E-state index contributed by atoms with van der Waals surface area (Å²) < 4.78 is 18.2. The Bertz CT molecular complexity index is 979. The van der Waals surface area contributed by atoms with Gasteiger partial charge in [0.1, 0.15) is 18.1 Å². The first kappa shape index (κ1) is 17.0. The number of aromatic nitrogens is 3. The molecule has 1 N–H and O–H groups in total. The number of allylic oxidation sites excluding steroid dienone is 1. The highest BCUT2D eigenvalue weighted by Crippen LogP contribution is 2.40. The number of nitrogens with zero attached hydrogens (tertiary/aromatic N) is 3. The molecule has 1 aromatic heterocycles. The van der Waals surface area contributed by atoms with Gasteiger partial charge in [0.05, 0.1) is 21.3 Å². The number of anilines is 1. The number of para-hydroxylation sites is 1. The summed E-state index contributed by atoms with van der Waals surface area (Å²) in [5.41, 5.74) is 2.90. The summed E-state index contributed by atoms with van der Waals surface area (Å²) in [5.74, 6) is 2.83. The quantitative estimate of drug-likeness (QED) is 0.749. The highest BCUT2D eigenvalue weighted by atomic mass is 16.5. The third-order valence-electron chi connectivity index (χ3n) is 4.56. The standard InChI is InChI=1S/C20H20N4O3/c1-25-14-9-7-13(8-10-14)16-11-17(24-20(23-16)21-12-22-24)15-5-4-6-18(26-2)19(15)27-3/h4-12,17H,1-3H3,(H,21,22,23)/t17-/m1/s1. The predicted octanol–water partition coefficient (Wildman–Crippen LogP) is 3.36. The molecule has 4 rings (SSSR count). The summed E-state index contributed by atoms with van der Waals surface area (Å²) in [6, 6.07) is 13.5. The fourth-order valence-corrected chi connectivity index (χ4v) is 3.24. The maximum Gasteiger partial charge on any atom is 0.226 e. The zero-order chi connectivity index (χ0) is 18.8. The topological polar surface area (TPSA) is 70.4 Å². The average Bonchev–Trinajstić information content (AvgIpc) is 3.21. The summed E-state index contributed by atoms with van der Waals surface area (Å²) >= 11 is 0. The van der Waals surface area contributed by atoms with Gasteiger partial charge in [-0.25, -0.2) is 4.68 Å². The molecular weight excluding hydrogens is 344 g/mol. The van der Waals surface area contributed by atoms with E-state index in [9.17, 15) is 0 Å². The summed E-state index contributed by atoms with van der Waals surface area (Å²) in [5, 5.41) is 7.72. The van der Waals surface area contributed by atoms with Crippen LogP contribution in [0.5, 0.6) is 17.2 Å². The van der Waals surface area contributed by atoms with Crippen molar-refractivity contribution in [1.82, 2.24) is 14.8 Å². The lowest BCUT2D eigenvalue weighted by atomic mass is 10.0. The van der Waals surface area contributed by atoms with Crippen LogP contribution in [0.4, 0.5) is 5.95 Å². The lowest BCUT2D eigenvalue weighted by Crippen LogP contribution is -2.20. The van der Waals surface area contributed by atoms with Crippen molar-refractivity contribution in [3.8, 4) is 17.2 Å². The summed E-state index contributed by atoms with van der Waals surface area (Å²) in [6.45, 7) is 0. The normalized spacial score (nSPS) is 15.4. The van der Waals surface area contributed by atoms with Crippen molar-refractivity contribution in [2.24, 2.45) is 0 Å². The number of nitrogens with one attached hydrogen (secondary N) is 1. The van der Waals surface area contributed by atoms with Crippen LogP contribution in [-0.2, 0) is 0 Å². The van der Waals surface area contributed by atoms with Crippen LogP contribution in [0.1, 0.15) is 17.2 Å². The van der Waals surface area contributed by atoms with E-state index in [0.29, 0.717) is 17.4 Å². The Morgan fingerprint density at radius 3 is 2.48 bits per heavy atom. The largest absolute Gasteiger partial charge is 0.497 e. The monoisotopic (exact) mass is 364 g/mol. The van der Waals surface area contributed by atoms with Gasteiger partial charge in [-0.05, 0) is 42.0 Å². The van der Waals surface area contributed by atoms with Crippen molar-refractivity contribution in [2.45, 2.75) is 6.04 Å². The molecule has 7 heteroatoms. The van der Waals surface area contributed by atoms with E-state index in [1.807, 2.05) is 47.1 Å². The minimum atomic E-state index is -0.189. The SMILES string of the molecule is COc1ccc(C2=C[C@H](c3cccc(OC)c3OC)n3ncnc3N2)cc1. The number of fused-ring (bicyclic) bond motifs is 1. The molecule has 3 aromatic rings. The minimum Gasteiger partial charge on any atom is -0.497 e. The smallest absolute Gasteiger partial charge is 0.226 e. The lowest BCUT2D eigenvalue weighted by molar-refractivity contribution is 0.349. The molecule has 0 spiro atoms. The van der Waals surface area contributed by atoms with Crippen LogP contribution >= 0.6 is 0 Å². The fraction of sp³-hybridized carbons (Fsp3) is 0.200. The Balaban J connectivity index is 1.82. The van der Waals surface area contributed by atoms with Crippen LogP contribution < -0.4 is 19.5 Å². The van der Waals surface area contributed by atoms with E-state index >= 15 is 0 Å². The number of ether oxygens (including phenoxy) is 3. The second-order valence-corrected chi connectivity index (χ2v) is 5.99. The second kappa shape index (κ2) is 7.03. The Morgan fingerprint density at radius 1 is 0.963 bits per heavy atom. The van der Waals surface area contributed by atoms with E-state index < -0.39 is 0 Å². The van der Waals surface area contributed by atoms with Crippen LogP contribution in [0.15, 0.2) is 54.9 Å². The third kappa shape index (κ3) is 2.97. The molecule has 1 atom stereocenters. The first-order valence-corrected chi connectivity index (χ1v) is 8.48. The highest BCUT2D eigenvalue weighted by Gasteiger charge is 2.27. The predicted molar refractivity (Wildman–Crippen MR) is 102 cm³/mol. The van der Waals surface area contributed by atoms with Gasteiger partial charge in [-0.2, -0.15) is 10.1 Å². The molecule has 0 amide bonds. The molecule has 1 aliphatic rings. The molecule has 0 saturated heterocycles. The van der Waals surface area contributed by atoms with Gasteiger partial charge in [0, 0.05) is 11.3 Å². The zero-order valence-corrected chi connectivity index (χ0v) is 15.3. The number of benzene rings is 2. The van der Waals surface area contributed by atoms with E-state index in [2.05, 4.69) is 21.5 Å². The number of methoxy groups -OCH3 is 3. The Kier molecular flexibility index (Phi) is 4.42. The van der Waals surface area contributed by atoms with Gasteiger partial charge in [0.15, 0.2) is 11.5 Å². The molecule has 0 unspecified atom stereocenters. The van der Waals surface area contributed by atoms with Crippen LogP contribution in [0.3, 0.4) is 0 Å². The molecule has 0 radical (unpaired) electrons. The van der Waals surface area contributed by atoms with Gasteiger partial charge in [-0.3, -0.25) is 0 Å². The molecular formula is C20H20N4O3. The molecule has 0 bridgehead atoms. The van der Waals surface area contributed by atoms with Crippen molar-refractivity contribution in [3.63, 3.8) is 0 Å². The fourth-order valence-electron chi connectivity index (χ4n) is 3.24. The Morgan fingerprint density at radius 2 is 1.78 bits per heavy atom. The number of rotatable bonds is 5. The molecule has 2 aromatic carbocycles. The molecule has 138 valence electrons. The molecule has 27 heavy (non-hydrogen) atoms. The maximum atomic E-state index is 5.63. The van der Waals surface area contributed by atoms with Crippen molar-refractivity contribution >= 4 is 11.6 Å².